The zero-order chi connectivity index (χ0) is 20.2. The summed E-state index contributed by atoms with van der Waals surface area (Å²) in [4.78, 5) is 20.4. The van der Waals surface area contributed by atoms with E-state index >= 15 is 0 Å². The van der Waals surface area contributed by atoms with Gasteiger partial charge in [0.05, 0.1) is 5.69 Å². The first kappa shape index (κ1) is 20.6. The molecule has 0 bridgehead atoms. The van der Waals surface area contributed by atoms with Gasteiger partial charge in [-0.15, -0.1) is 0 Å². The number of hydrogen-bond acceptors (Lipinski definition) is 5. The monoisotopic (exact) mass is 372 g/mol. The van der Waals surface area contributed by atoms with Gasteiger partial charge in [-0.05, 0) is 49.9 Å². The Balaban J connectivity index is 2.17. The predicted octanol–water partition coefficient (Wildman–Crippen LogP) is 3.71. The maximum absolute atomic E-state index is 11.1. The van der Waals surface area contributed by atoms with E-state index in [1.807, 2.05) is 32.0 Å². The second-order valence-corrected chi connectivity index (χ2v) is 7.62. The predicted molar refractivity (Wildman–Crippen MR) is 106 cm³/mol. The summed E-state index contributed by atoms with van der Waals surface area (Å²) in [5.74, 6) is 1.59. The molecule has 2 rings (SSSR count). The van der Waals surface area contributed by atoms with Crippen LogP contribution in [0.15, 0.2) is 30.6 Å². The number of rotatable bonds is 7. The first-order valence-corrected chi connectivity index (χ1v) is 8.90. The average Bonchev–Trinajstić information content (AvgIpc) is 2.59. The molecule has 7 heteroatoms. The van der Waals surface area contributed by atoms with Gasteiger partial charge in [0.1, 0.15) is 24.5 Å². The minimum Gasteiger partial charge on any atom is -0.491 e. The highest BCUT2D eigenvalue weighted by Crippen LogP contribution is 2.27. The van der Waals surface area contributed by atoms with Gasteiger partial charge in [0.25, 0.3) is 0 Å². The van der Waals surface area contributed by atoms with E-state index in [9.17, 15) is 4.79 Å². The molecule has 0 radical (unpaired) electrons. The Kier molecular flexibility index (Phi) is 6.38. The van der Waals surface area contributed by atoms with Crippen LogP contribution in [0.25, 0.3) is 11.3 Å². The summed E-state index contributed by atoms with van der Waals surface area (Å²) in [7, 11) is 1.44. The lowest BCUT2D eigenvalue weighted by Gasteiger charge is -2.27. The van der Waals surface area contributed by atoms with E-state index in [-0.39, 0.29) is 5.54 Å². The van der Waals surface area contributed by atoms with Gasteiger partial charge in [0.2, 0.25) is 0 Å². The van der Waals surface area contributed by atoms with E-state index in [1.54, 1.807) is 6.07 Å². The van der Waals surface area contributed by atoms with Crippen LogP contribution in [-0.4, -0.2) is 40.4 Å². The molecule has 0 aliphatic heterocycles. The standard InChI is InChI=1S/C20H28N4O3/c1-13(2)10-20(4,21)11-27-17-7-6-15(8-14(17)3)16-9-18(23-12-22-16)24(5)19(25)26/h6-9,12-13H,10-11,21H2,1-5H3,(H,25,26)/t20-/m0/s1. The number of aryl methyl sites for hydroxylation is 1. The van der Waals surface area contributed by atoms with Gasteiger partial charge >= 0.3 is 6.09 Å². The molecule has 0 aliphatic rings. The largest absolute Gasteiger partial charge is 0.491 e. The summed E-state index contributed by atoms with van der Waals surface area (Å²) < 4.78 is 5.94. The molecule has 27 heavy (non-hydrogen) atoms. The van der Waals surface area contributed by atoms with Crippen molar-refractivity contribution < 1.29 is 14.6 Å². The van der Waals surface area contributed by atoms with E-state index in [0.717, 1.165) is 28.2 Å². The molecule has 0 unspecified atom stereocenters. The zero-order valence-corrected chi connectivity index (χ0v) is 16.6. The Bertz CT molecular complexity index is 806. The second kappa shape index (κ2) is 8.35. The number of nitrogens with two attached hydrogens (primary N) is 1. The molecule has 1 heterocycles. The highest BCUT2D eigenvalue weighted by atomic mass is 16.5. The molecule has 0 fully saturated rings. The lowest BCUT2D eigenvalue weighted by atomic mass is 9.93. The van der Waals surface area contributed by atoms with Gasteiger partial charge in [-0.1, -0.05) is 13.8 Å². The van der Waals surface area contributed by atoms with Crippen molar-refractivity contribution >= 4 is 11.9 Å². The third-order valence-corrected chi connectivity index (χ3v) is 4.19. The van der Waals surface area contributed by atoms with E-state index in [0.29, 0.717) is 24.0 Å². The van der Waals surface area contributed by atoms with Crippen LogP contribution >= 0.6 is 0 Å². The van der Waals surface area contributed by atoms with Crippen molar-refractivity contribution in [2.24, 2.45) is 11.7 Å². The van der Waals surface area contributed by atoms with Crippen molar-refractivity contribution in [1.82, 2.24) is 9.97 Å². The molecule has 0 saturated carbocycles. The Morgan fingerprint density at radius 1 is 1.33 bits per heavy atom. The van der Waals surface area contributed by atoms with Gasteiger partial charge in [-0.2, -0.15) is 0 Å². The van der Waals surface area contributed by atoms with Crippen LogP contribution in [0.5, 0.6) is 5.75 Å². The van der Waals surface area contributed by atoms with Crippen molar-refractivity contribution in [2.45, 2.75) is 39.7 Å². The minimum absolute atomic E-state index is 0.318. The summed E-state index contributed by atoms with van der Waals surface area (Å²) in [6, 6.07) is 7.38. The summed E-state index contributed by atoms with van der Waals surface area (Å²) in [6.07, 6.45) is 1.16. The highest BCUT2D eigenvalue weighted by Gasteiger charge is 2.21. The van der Waals surface area contributed by atoms with E-state index < -0.39 is 6.09 Å². The molecule has 1 atom stereocenters. The summed E-state index contributed by atoms with van der Waals surface area (Å²) in [6.45, 7) is 8.68. The van der Waals surface area contributed by atoms with Crippen LogP contribution in [0.2, 0.25) is 0 Å². The fourth-order valence-electron chi connectivity index (χ4n) is 2.99. The molecule has 1 aromatic heterocycles. The van der Waals surface area contributed by atoms with Crippen LogP contribution in [0.1, 0.15) is 32.8 Å². The number of carboxylic acid groups (broad SMARTS) is 1. The third-order valence-electron chi connectivity index (χ3n) is 4.19. The fourth-order valence-corrected chi connectivity index (χ4v) is 2.99. The molecule has 0 saturated heterocycles. The lowest BCUT2D eigenvalue weighted by molar-refractivity contribution is 0.203. The first-order chi connectivity index (χ1) is 12.6. The molecule has 0 spiro atoms. The zero-order valence-electron chi connectivity index (χ0n) is 16.6. The van der Waals surface area contributed by atoms with Crippen molar-refractivity contribution in [3.63, 3.8) is 0 Å². The number of benzene rings is 1. The number of nitrogens with zero attached hydrogens (tertiary/aromatic N) is 3. The molecular formula is C20H28N4O3. The van der Waals surface area contributed by atoms with Gasteiger partial charge in [0, 0.05) is 24.2 Å². The Morgan fingerprint density at radius 2 is 2.04 bits per heavy atom. The van der Waals surface area contributed by atoms with Crippen LogP contribution in [0, 0.1) is 12.8 Å². The number of amides is 1. The van der Waals surface area contributed by atoms with Crippen LogP contribution < -0.4 is 15.4 Å². The number of anilines is 1. The molecule has 2 aromatic rings. The number of hydrogen-bond donors (Lipinski definition) is 2. The number of aromatic nitrogens is 2. The first-order valence-electron chi connectivity index (χ1n) is 8.90. The van der Waals surface area contributed by atoms with Gasteiger partial charge in [-0.3, -0.25) is 4.90 Å². The molecular weight excluding hydrogens is 344 g/mol. The van der Waals surface area contributed by atoms with Crippen LogP contribution in [-0.2, 0) is 0 Å². The molecule has 7 nitrogen and oxygen atoms in total. The van der Waals surface area contributed by atoms with E-state index in [4.69, 9.17) is 15.6 Å². The Morgan fingerprint density at radius 3 is 2.63 bits per heavy atom. The smallest absolute Gasteiger partial charge is 0.412 e. The second-order valence-electron chi connectivity index (χ2n) is 7.62. The van der Waals surface area contributed by atoms with Crippen molar-refractivity contribution in [1.29, 1.82) is 0 Å². The topological polar surface area (TPSA) is 102 Å². The third kappa shape index (κ3) is 5.65. The highest BCUT2D eigenvalue weighted by molar-refractivity contribution is 5.84. The summed E-state index contributed by atoms with van der Waals surface area (Å²) >= 11 is 0. The maximum Gasteiger partial charge on any atom is 0.412 e. The number of ether oxygens (including phenoxy) is 1. The van der Waals surface area contributed by atoms with Gasteiger partial charge in [-0.25, -0.2) is 14.8 Å². The molecule has 146 valence electrons. The average molecular weight is 372 g/mol. The maximum atomic E-state index is 11.1. The number of carbonyl (C=O) groups is 1. The van der Waals surface area contributed by atoms with Crippen LogP contribution in [0.3, 0.4) is 0 Å². The summed E-state index contributed by atoms with van der Waals surface area (Å²) in [5.41, 5.74) is 8.39. The minimum atomic E-state index is -1.08. The van der Waals surface area contributed by atoms with Crippen molar-refractivity contribution in [3.8, 4) is 17.0 Å². The molecule has 1 amide bonds. The molecule has 1 aromatic carbocycles. The van der Waals surface area contributed by atoms with E-state index in [2.05, 4.69) is 23.8 Å². The van der Waals surface area contributed by atoms with Gasteiger partial charge < -0.3 is 15.6 Å². The summed E-state index contributed by atoms with van der Waals surface area (Å²) in [5, 5.41) is 9.10. The van der Waals surface area contributed by atoms with Gasteiger partial charge in [0.15, 0.2) is 0 Å². The molecule has 0 aliphatic carbocycles. The fraction of sp³-hybridized carbons (Fsp3) is 0.450. The van der Waals surface area contributed by atoms with Crippen LogP contribution in [0.4, 0.5) is 10.6 Å². The molecule has 3 N–H and O–H groups in total. The van der Waals surface area contributed by atoms with E-state index in [1.165, 1.54) is 13.4 Å². The quantitative estimate of drug-likeness (QED) is 0.768. The Labute approximate surface area is 160 Å². The van der Waals surface area contributed by atoms with Crippen molar-refractivity contribution in [2.75, 3.05) is 18.6 Å². The normalized spacial score (nSPS) is 13.3. The Hall–Kier alpha value is -2.67. The van der Waals surface area contributed by atoms with Crippen molar-refractivity contribution in [3.05, 3.63) is 36.2 Å². The SMILES string of the molecule is Cc1cc(-c2cc(N(C)C(=O)O)ncn2)ccc1OC[C@@](C)(N)CC(C)C. The lowest BCUT2D eigenvalue weighted by Crippen LogP contribution is -2.43.